The minimum Gasteiger partial charge on any atom is -0.493 e. The third kappa shape index (κ3) is 6.10. The Hall–Kier alpha value is -2.33. The van der Waals surface area contributed by atoms with Crippen molar-refractivity contribution in [2.75, 3.05) is 12.4 Å². The molecule has 0 saturated heterocycles. The average molecular weight is 477 g/mol. The van der Waals surface area contributed by atoms with Crippen molar-refractivity contribution >= 4 is 40.5 Å². The van der Waals surface area contributed by atoms with Gasteiger partial charge in [-0.25, -0.2) is 0 Å². The molecule has 0 aliphatic rings. The SMILES string of the molecule is C=CCc1cc(CNc2cc(Cl)ccc2C)cc(OC)c1OCc1ccc(Cl)cc1Cl. The number of halogens is 3. The number of methoxy groups -OCH3 is 1. The molecule has 0 spiro atoms. The monoisotopic (exact) mass is 475 g/mol. The van der Waals surface area contributed by atoms with Crippen LogP contribution >= 0.6 is 34.8 Å². The highest BCUT2D eigenvalue weighted by Gasteiger charge is 2.14. The van der Waals surface area contributed by atoms with Crippen LogP contribution in [0.2, 0.25) is 15.1 Å². The van der Waals surface area contributed by atoms with Crippen LogP contribution in [-0.2, 0) is 19.6 Å². The molecule has 0 heterocycles. The minimum absolute atomic E-state index is 0.301. The molecule has 3 aromatic rings. The fraction of sp³-hybridized carbons (Fsp3) is 0.200. The molecule has 162 valence electrons. The van der Waals surface area contributed by atoms with Crippen LogP contribution in [0.25, 0.3) is 0 Å². The summed E-state index contributed by atoms with van der Waals surface area (Å²) in [6, 6.07) is 15.2. The summed E-state index contributed by atoms with van der Waals surface area (Å²) in [5.74, 6) is 1.33. The van der Waals surface area contributed by atoms with Gasteiger partial charge in [-0.15, -0.1) is 6.58 Å². The summed E-state index contributed by atoms with van der Waals surface area (Å²) >= 11 is 18.4. The zero-order chi connectivity index (χ0) is 22.4. The van der Waals surface area contributed by atoms with Crippen LogP contribution in [0, 0.1) is 6.92 Å². The summed E-state index contributed by atoms with van der Waals surface area (Å²) < 4.78 is 11.8. The van der Waals surface area contributed by atoms with Gasteiger partial charge in [0.1, 0.15) is 6.61 Å². The molecule has 0 unspecified atom stereocenters. The topological polar surface area (TPSA) is 30.5 Å². The fourth-order valence-corrected chi connectivity index (χ4v) is 3.85. The summed E-state index contributed by atoms with van der Waals surface area (Å²) in [6.45, 7) is 6.84. The van der Waals surface area contributed by atoms with Gasteiger partial charge in [-0.2, -0.15) is 0 Å². The quantitative estimate of drug-likeness (QED) is 0.319. The van der Waals surface area contributed by atoms with E-state index in [1.807, 2.05) is 43.3 Å². The van der Waals surface area contributed by atoms with Gasteiger partial charge in [0.15, 0.2) is 11.5 Å². The van der Waals surface area contributed by atoms with Gasteiger partial charge in [0.2, 0.25) is 0 Å². The third-order valence-corrected chi connectivity index (χ3v) is 5.67. The Kier molecular flexibility index (Phi) is 8.14. The molecule has 0 radical (unpaired) electrons. The first-order valence-corrected chi connectivity index (χ1v) is 10.9. The molecule has 0 bridgehead atoms. The molecule has 0 aliphatic carbocycles. The third-order valence-electron chi connectivity index (χ3n) is 4.85. The normalized spacial score (nSPS) is 10.6. The number of aryl methyl sites for hydroxylation is 1. The van der Waals surface area contributed by atoms with Crippen LogP contribution in [0.5, 0.6) is 11.5 Å². The van der Waals surface area contributed by atoms with Crippen molar-refractivity contribution in [1.82, 2.24) is 0 Å². The maximum atomic E-state index is 6.29. The van der Waals surface area contributed by atoms with E-state index in [4.69, 9.17) is 44.3 Å². The van der Waals surface area contributed by atoms with Gasteiger partial charge in [0.05, 0.1) is 7.11 Å². The first kappa shape index (κ1) is 23.3. The van der Waals surface area contributed by atoms with Crippen molar-refractivity contribution in [1.29, 1.82) is 0 Å². The Morgan fingerprint density at radius 1 is 0.968 bits per heavy atom. The zero-order valence-electron chi connectivity index (χ0n) is 17.5. The second-order valence-electron chi connectivity index (χ2n) is 7.12. The zero-order valence-corrected chi connectivity index (χ0v) is 19.7. The number of hydrogen-bond donors (Lipinski definition) is 1. The first-order chi connectivity index (χ1) is 14.9. The lowest BCUT2D eigenvalue weighted by Crippen LogP contribution is -2.05. The van der Waals surface area contributed by atoms with Crippen molar-refractivity contribution in [2.45, 2.75) is 26.5 Å². The molecule has 0 amide bonds. The number of allylic oxidation sites excluding steroid dienone is 1. The van der Waals surface area contributed by atoms with Crippen LogP contribution in [0.3, 0.4) is 0 Å². The van der Waals surface area contributed by atoms with Crippen molar-refractivity contribution in [3.05, 3.63) is 98.5 Å². The summed E-state index contributed by atoms with van der Waals surface area (Å²) in [4.78, 5) is 0. The number of ether oxygens (including phenoxy) is 2. The highest BCUT2D eigenvalue weighted by atomic mass is 35.5. The standard InChI is InChI=1S/C25H24Cl3NO2/c1-4-5-18-10-17(14-29-23-13-21(27)8-6-16(23)2)11-24(30-3)25(18)31-15-19-7-9-20(26)12-22(19)28/h4,6-13,29H,1,5,14-15H2,2-3H3. The van der Waals surface area contributed by atoms with Crippen molar-refractivity contribution < 1.29 is 9.47 Å². The molecule has 3 nitrogen and oxygen atoms in total. The largest absolute Gasteiger partial charge is 0.493 e. The molecule has 6 heteroatoms. The van der Waals surface area contributed by atoms with Gasteiger partial charge in [-0.3, -0.25) is 0 Å². The molecular formula is C25H24Cl3NO2. The van der Waals surface area contributed by atoms with E-state index in [9.17, 15) is 0 Å². The van der Waals surface area contributed by atoms with Crippen LogP contribution in [0.4, 0.5) is 5.69 Å². The Morgan fingerprint density at radius 3 is 2.42 bits per heavy atom. The van der Waals surface area contributed by atoms with Crippen LogP contribution in [-0.4, -0.2) is 7.11 Å². The average Bonchev–Trinajstić information content (AvgIpc) is 2.74. The summed E-state index contributed by atoms with van der Waals surface area (Å²) in [5.41, 5.74) is 5.01. The first-order valence-electron chi connectivity index (χ1n) is 9.78. The van der Waals surface area contributed by atoms with E-state index in [1.165, 1.54) is 0 Å². The van der Waals surface area contributed by atoms with Gasteiger partial charge in [-0.05, 0) is 60.9 Å². The van der Waals surface area contributed by atoms with Gasteiger partial charge in [-0.1, -0.05) is 53.0 Å². The maximum Gasteiger partial charge on any atom is 0.165 e. The molecule has 0 saturated carbocycles. The summed E-state index contributed by atoms with van der Waals surface area (Å²) in [7, 11) is 1.63. The van der Waals surface area contributed by atoms with E-state index in [2.05, 4.69) is 18.0 Å². The molecule has 0 aliphatic heterocycles. The molecule has 31 heavy (non-hydrogen) atoms. The minimum atomic E-state index is 0.301. The van der Waals surface area contributed by atoms with Gasteiger partial charge >= 0.3 is 0 Å². The number of benzene rings is 3. The van der Waals surface area contributed by atoms with Crippen LogP contribution in [0.15, 0.2) is 61.2 Å². The van der Waals surface area contributed by atoms with E-state index in [1.54, 1.807) is 19.2 Å². The number of rotatable bonds is 9. The lowest BCUT2D eigenvalue weighted by atomic mass is 10.0. The summed E-state index contributed by atoms with van der Waals surface area (Å²) in [5, 5.41) is 5.29. The van der Waals surface area contributed by atoms with E-state index in [0.717, 1.165) is 27.9 Å². The van der Waals surface area contributed by atoms with Crippen LogP contribution < -0.4 is 14.8 Å². The Bertz CT molecular complexity index is 1080. The smallest absolute Gasteiger partial charge is 0.165 e. The van der Waals surface area contributed by atoms with Crippen molar-refractivity contribution in [3.63, 3.8) is 0 Å². The fourth-order valence-electron chi connectivity index (χ4n) is 3.22. The highest BCUT2D eigenvalue weighted by Crippen LogP contribution is 2.35. The second kappa shape index (κ2) is 10.8. The number of hydrogen-bond acceptors (Lipinski definition) is 3. The second-order valence-corrected chi connectivity index (χ2v) is 8.40. The lowest BCUT2D eigenvalue weighted by Gasteiger charge is -2.18. The summed E-state index contributed by atoms with van der Waals surface area (Å²) in [6.07, 6.45) is 2.49. The highest BCUT2D eigenvalue weighted by molar-refractivity contribution is 6.35. The Labute approximate surface area is 198 Å². The lowest BCUT2D eigenvalue weighted by molar-refractivity contribution is 0.282. The number of anilines is 1. The number of nitrogens with one attached hydrogen (secondary N) is 1. The molecular weight excluding hydrogens is 453 g/mol. The molecule has 1 N–H and O–H groups in total. The van der Waals surface area contributed by atoms with E-state index in [-0.39, 0.29) is 0 Å². The van der Waals surface area contributed by atoms with E-state index >= 15 is 0 Å². The van der Waals surface area contributed by atoms with Gasteiger partial charge in [0.25, 0.3) is 0 Å². The Balaban J connectivity index is 1.84. The maximum absolute atomic E-state index is 6.29. The van der Waals surface area contributed by atoms with Gasteiger partial charge < -0.3 is 14.8 Å². The predicted octanol–water partition coefficient (Wildman–Crippen LogP) is 7.88. The van der Waals surface area contributed by atoms with Gasteiger partial charge in [0, 0.05) is 38.4 Å². The molecule has 0 atom stereocenters. The van der Waals surface area contributed by atoms with Crippen LogP contribution in [0.1, 0.15) is 22.3 Å². The van der Waals surface area contributed by atoms with Crippen molar-refractivity contribution in [2.24, 2.45) is 0 Å². The Morgan fingerprint density at radius 2 is 1.71 bits per heavy atom. The predicted molar refractivity (Wildman–Crippen MR) is 131 cm³/mol. The van der Waals surface area contributed by atoms with Crippen molar-refractivity contribution in [3.8, 4) is 11.5 Å². The molecule has 3 aromatic carbocycles. The van der Waals surface area contributed by atoms with E-state index in [0.29, 0.717) is 46.1 Å². The van der Waals surface area contributed by atoms with E-state index < -0.39 is 0 Å². The molecule has 0 aromatic heterocycles. The molecule has 0 fully saturated rings. The molecule has 3 rings (SSSR count).